The summed E-state index contributed by atoms with van der Waals surface area (Å²) in [5.74, 6) is 0. The minimum absolute atomic E-state index is 0.210. The van der Waals surface area contributed by atoms with Crippen LogP contribution in [0.2, 0.25) is 0 Å². The maximum absolute atomic E-state index is 5.52. The van der Waals surface area contributed by atoms with Crippen molar-refractivity contribution in [1.29, 1.82) is 0 Å². The highest BCUT2D eigenvalue weighted by Gasteiger charge is 2.16. The Bertz CT molecular complexity index is 148. The number of ether oxygens (including phenoxy) is 1. The van der Waals surface area contributed by atoms with Crippen LogP contribution >= 0.6 is 0 Å². The molecular weight excluding hydrogens is 150 g/mol. The first kappa shape index (κ1) is 9.75. The van der Waals surface area contributed by atoms with Crippen LogP contribution in [0.1, 0.15) is 33.1 Å². The Morgan fingerprint density at radius 3 is 2.92 bits per heavy atom. The average Bonchev–Trinajstić information content (AvgIpc) is 2.59. The predicted molar refractivity (Wildman–Crippen MR) is 51.0 cm³/mol. The lowest BCUT2D eigenvalue weighted by atomic mass is 10.1. The Kier molecular flexibility index (Phi) is 4.33. The Balaban J connectivity index is 2.42. The molecule has 0 bridgehead atoms. The van der Waals surface area contributed by atoms with Gasteiger partial charge in [0.15, 0.2) is 0 Å². The summed E-state index contributed by atoms with van der Waals surface area (Å²) in [7, 11) is 0. The molecule has 2 nitrogen and oxygen atoms in total. The van der Waals surface area contributed by atoms with E-state index >= 15 is 0 Å². The van der Waals surface area contributed by atoms with Crippen LogP contribution < -0.4 is 5.32 Å². The number of rotatable bonds is 4. The van der Waals surface area contributed by atoms with E-state index in [0.717, 1.165) is 19.6 Å². The third-order valence-corrected chi connectivity index (χ3v) is 2.16. The molecule has 0 aromatic heterocycles. The first-order valence-electron chi connectivity index (χ1n) is 4.92. The van der Waals surface area contributed by atoms with Gasteiger partial charge in [0.25, 0.3) is 0 Å². The fourth-order valence-electron chi connectivity index (χ4n) is 1.43. The lowest BCUT2D eigenvalue weighted by Crippen LogP contribution is -2.24. The van der Waals surface area contributed by atoms with Crippen molar-refractivity contribution in [2.45, 2.75) is 39.3 Å². The fourth-order valence-corrected chi connectivity index (χ4v) is 1.43. The fraction of sp³-hybridized carbons (Fsp3) is 0.800. The third-order valence-electron chi connectivity index (χ3n) is 2.16. The minimum Gasteiger partial charge on any atom is -0.358 e. The van der Waals surface area contributed by atoms with Crippen LogP contribution in [0.5, 0.6) is 0 Å². The molecule has 1 rings (SSSR count). The molecule has 0 aromatic carbocycles. The highest BCUT2D eigenvalue weighted by Crippen LogP contribution is 2.13. The van der Waals surface area contributed by atoms with Crippen LogP contribution in [-0.4, -0.2) is 19.4 Å². The first-order valence-corrected chi connectivity index (χ1v) is 4.92. The summed E-state index contributed by atoms with van der Waals surface area (Å²) >= 11 is 0. The van der Waals surface area contributed by atoms with E-state index in [4.69, 9.17) is 4.74 Å². The van der Waals surface area contributed by atoms with E-state index in [2.05, 4.69) is 25.2 Å². The van der Waals surface area contributed by atoms with Gasteiger partial charge in [-0.2, -0.15) is 0 Å². The van der Waals surface area contributed by atoms with Gasteiger partial charge in [-0.15, -0.1) is 0 Å². The van der Waals surface area contributed by atoms with Crippen LogP contribution in [0.3, 0.4) is 0 Å². The quantitative estimate of drug-likeness (QED) is 0.650. The molecule has 1 aliphatic rings. The van der Waals surface area contributed by atoms with Crippen LogP contribution in [0, 0.1) is 0 Å². The minimum atomic E-state index is 0.210. The summed E-state index contributed by atoms with van der Waals surface area (Å²) in [5, 5.41) is 3.33. The topological polar surface area (TPSA) is 21.3 Å². The molecule has 0 aliphatic carbocycles. The molecule has 1 aliphatic heterocycles. The van der Waals surface area contributed by atoms with Crippen LogP contribution in [0.25, 0.3) is 0 Å². The second-order valence-electron chi connectivity index (χ2n) is 3.13. The second kappa shape index (κ2) is 5.33. The van der Waals surface area contributed by atoms with Crippen LogP contribution in [-0.2, 0) is 4.74 Å². The van der Waals surface area contributed by atoms with Crippen LogP contribution in [0.15, 0.2) is 11.6 Å². The Morgan fingerprint density at radius 2 is 2.42 bits per heavy atom. The summed E-state index contributed by atoms with van der Waals surface area (Å²) in [6.07, 6.45) is 6.00. The van der Waals surface area contributed by atoms with E-state index in [0.29, 0.717) is 0 Å². The third kappa shape index (κ3) is 2.61. The van der Waals surface area contributed by atoms with Crippen molar-refractivity contribution in [2.75, 3.05) is 13.2 Å². The zero-order valence-corrected chi connectivity index (χ0v) is 8.10. The smallest absolute Gasteiger partial charge is 0.130 e. The van der Waals surface area contributed by atoms with E-state index in [-0.39, 0.29) is 6.23 Å². The summed E-state index contributed by atoms with van der Waals surface area (Å²) in [6.45, 7) is 6.24. The molecule has 1 unspecified atom stereocenters. The lowest BCUT2D eigenvalue weighted by molar-refractivity contribution is 0.126. The van der Waals surface area contributed by atoms with E-state index in [9.17, 15) is 0 Å². The maximum Gasteiger partial charge on any atom is 0.130 e. The van der Waals surface area contributed by atoms with Gasteiger partial charge in [0.1, 0.15) is 6.23 Å². The number of hydrogen-bond donors (Lipinski definition) is 1. The van der Waals surface area contributed by atoms with E-state index in [1.165, 1.54) is 18.4 Å². The van der Waals surface area contributed by atoms with E-state index in [1.54, 1.807) is 0 Å². The SMILES string of the molecule is CCCC=C(CC)C1NCCO1. The van der Waals surface area contributed by atoms with Gasteiger partial charge in [0.2, 0.25) is 0 Å². The molecule has 0 aromatic rings. The van der Waals surface area contributed by atoms with E-state index < -0.39 is 0 Å². The van der Waals surface area contributed by atoms with Crippen LogP contribution in [0.4, 0.5) is 0 Å². The molecule has 1 fully saturated rings. The molecule has 70 valence electrons. The number of allylic oxidation sites excluding steroid dienone is 1. The van der Waals surface area contributed by atoms with Gasteiger partial charge in [0, 0.05) is 6.54 Å². The van der Waals surface area contributed by atoms with Crippen molar-refractivity contribution < 1.29 is 4.74 Å². The monoisotopic (exact) mass is 169 g/mol. The van der Waals surface area contributed by atoms with Gasteiger partial charge >= 0.3 is 0 Å². The number of hydrogen-bond acceptors (Lipinski definition) is 2. The maximum atomic E-state index is 5.52. The van der Waals surface area contributed by atoms with Crippen molar-refractivity contribution in [2.24, 2.45) is 0 Å². The van der Waals surface area contributed by atoms with Crippen molar-refractivity contribution >= 4 is 0 Å². The molecule has 1 saturated heterocycles. The number of nitrogens with one attached hydrogen (secondary N) is 1. The van der Waals surface area contributed by atoms with Gasteiger partial charge in [-0.1, -0.05) is 26.3 Å². The second-order valence-corrected chi connectivity index (χ2v) is 3.13. The zero-order chi connectivity index (χ0) is 8.81. The summed E-state index contributed by atoms with van der Waals surface area (Å²) in [4.78, 5) is 0. The standard InChI is InChI=1S/C10H19NO/c1-3-5-6-9(4-2)10-11-7-8-12-10/h6,10-11H,3-5,7-8H2,1-2H3. The molecular formula is C10H19NO. The van der Waals surface area contributed by atoms with Crippen molar-refractivity contribution in [3.8, 4) is 0 Å². The molecule has 0 spiro atoms. The molecule has 0 amide bonds. The van der Waals surface area contributed by atoms with E-state index in [1.807, 2.05) is 0 Å². The molecule has 1 N–H and O–H groups in total. The predicted octanol–water partition coefficient (Wildman–Crippen LogP) is 2.07. The summed E-state index contributed by atoms with van der Waals surface area (Å²) in [6, 6.07) is 0. The molecule has 2 heteroatoms. The first-order chi connectivity index (χ1) is 5.88. The Morgan fingerprint density at radius 1 is 1.58 bits per heavy atom. The molecule has 1 atom stereocenters. The average molecular weight is 169 g/mol. The van der Waals surface area contributed by atoms with Crippen molar-refractivity contribution in [3.05, 3.63) is 11.6 Å². The summed E-state index contributed by atoms with van der Waals surface area (Å²) in [5.41, 5.74) is 1.41. The van der Waals surface area contributed by atoms with Crippen molar-refractivity contribution in [1.82, 2.24) is 5.32 Å². The van der Waals surface area contributed by atoms with Gasteiger partial charge < -0.3 is 4.74 Å². The largest absolute Gasteiger partial charge is 0.358 e. The highest BCUT2D eigenvalue weighted by molar-refractivity contribution is 5.08. The number of unbranched alkanes of at least 4 members (excludes halogenated alkanes) is 1. The Labute approximate surface area is 75.0 Å². The van der Waals surface area contributed by atoms with Gasteiger partial charge in [-0.05, 0) is 18.4 Å². The molecule has 12 heavy (non-hydrogen) atoms. The highest BCUT2D eigenvalue weighted by atomic mass is 16.5. The lowest BCUT2D eigenvalue weighted by Gasteiger charge is -2.12. The van der Waals surface area contributed by atoms with Gasteiger partial charge in [-0.3, -0.25) is 5.32 Å². The zero-order valence-electron chi connectivity index (χ0n) is 8.10. The van der Waals surface area contributed by atoms with Gasteiger partial charge in [0.05, 0.1) is 6.61 Å². The molecule has 1 heterocycles. The normalized spacial score (nSPS) is 24.8. The van der Waals surface area contributed by atoms with Crippen molar-refractivity contribution in [3.63, 3.8) is 0 Å². The molecule has 0 saturated carbocycles. The van der Waals surface area contributed by atoms with Gasteiger partial charge in [-0.25, -0.2) is 0 Å². The summed E-state index contributed by atoms with van der Waals surface area (Å²) < 4.78 is 5.52. The Hall–Kier alpha value is -0.340. The molecule has 0 radical (unpaired) electrons.